The van der Waals surface area contributed by atoms with Gasteiger partial charge in [0, 0.05) is 12.5 Å². The number of piperidine rings is 1. The number of amides is 2. The average molecular weight is 264 g/mol. The largest absolute Gasteiger partial charge is 0.477 e. The molecule has 0 aromatic heterocycles. The molecule has 2 saturated heterocycles. The summed E-state index contributed by atoms with van der Waals surface area (Å²) in [7, 11) is 0. The van der Waals surface area contributed by atoms with E-state index in [1.54, 1.807) is 0 Å². The number of allylic oxidation sites excluding steroid dienone is 1. The third-order valence-corrected chi connectivity index (χ3v) is 4.12. The summed E-state index contributed by atoms with van der Waals surface area (Å²) in [5.41, 5.74) is 0.497. The number of carboxylic acids is 1. The summed E-state index contributed by atoms with van der Waals surface area (Å²) in [4.78, 5) is 36.7. The van der Waals surface area contributed by atoms with Crippen molar-refractivity contribution < 1.29 is 24.6 Å². The number of likely N-dealkylation sites (tertiary alicyclic amines) is 1. The molecule has 3 rings (SSSR count). The molecule has 0 aromatic rings. The van der Waals surface area contributed by atoms with E-state index in [2.05, 4.69) is 6.58 Å². The summed E-state index contributed by atoms with van der Waals surface area (Å²) >= 11 is 0. The first kappa shape index (κ1) is 11.8. The van der Waals surface area contributed by atoms with Gasteiger partial charge in [0.2, 0.25) is 0 Å². The fourth-order valence-corrected chi connectivity index (χ4v) is 3.40. The lowest BCUT2D eigenvalue weighted by atomic mass is 9.78. The van der Waals surface area contributed by atoms with Crippen molar-refractivity contribution in [2.45, 2.75) is 18.5 Å². The molecule has 0 saturated carbocycles. The molecule has 0 bridgehead atoms. The Morgan fingerprint density at radius 3 is 2.58 bits per heavy atom. The van der Waals surface area contributed by atoms with E-state index in [1.165, 1.54) is 11.0 Å². The van der Waals surface area contributed by atoms with Crippen LogP contribution in [0.4, 0.5) is 4.79 Å². The fourth-order valence-electron chi connectivity index (χ4n) is 3.40. The Kier molecular flexibility index (Phi) is 2.23. The zero-order valence-electron chi connectivity index (χ0n) is 9.94. The number of rotatable bonds is 2. The van der Waals surface area contributed by atoms with Crippen molar-refractivity contribution in [3.05, 3.63) is 23.9 Å². The molecule has 19 heavy (non-hydrogen) atoms. The summed E-state index contributed by atoms with van der Waals surface area (Å²) in [6.45, 7) is 3.85. The molecule has 3 aliphatic rings. The van der Waals surface area contributed by atoms with Crippen LogP contribution in [0, 0.1) is 5.92 Å². The number of carboxylic acid groups (broad SMARTS) is 2. The maximum Gasteiger partial charge on any atom is 0.408 e. The van der Waals surface area contributed by atoms with Gasteiger partial charge in [-0.15, -0.1) is 0 Å². The molecule has 2 amide bonds. The first-order chi connectivity index (χ1) is 8.99. The summed E-state index contributed by atoms with van der Waals surface area (Å²) < 4.78 is 0. The van der Waals surface area contributed by atoms with Gasteiger partial charge in [0.15, 0.2) is 0 Å². The Balaban J connectivity index is 2.04. The molecule has 3 atom stereocenters. The summed E-state index contributed by atoms with van der Waals surface area (Å²) in [5, 5.41) is 18.3. The minimum Gasteiger partial charge on any atom is -0.477 e. The standard InChI is InChI=1S/C12H12N2O5/c1-2-5-6-3-4-13(12(18)19)9-7(6)14(10(9)15)8(5)11(16)17/h2,6-7,9H,1,3-4H2,(H,16,17)(H,18,19)/t6?,7-,9+/m1/s1. The molecule has 0 radical (unpaired) electrons. The minimum atomic E-state index is -1.17. The van der Waals surface area contributed by atoms with Gasteiger partial charge in [-0.2, -0.15) is 0 Å². The van der Waals surface area contributed by atoms with Crippen molar-refractivity contribution in [2.24, 2.45) is 5.92 Å². The highest BCUT2D eigenvalue weighted by Gasteiger charge is 2.63. The van der Waals surface area contributed by atoms with Crippen LogP contribution in [0.1, 0.15) is 6.42 Å². The Hall–Kier alpha value is -2.31. The molecule has 7 heteroatoms. The lowest BCUT2D eigenvalue weighted by Gasteiger charge is -2.52. The van der Waals surface area contributed by atoms with E-state index in [9.17, 15) is 19.5 Å². The van der Waals surface area contributed by atoms with Crippen molar-refractivity contribution in [2.75, 3.05) is 6.54 Å². The monoisotopic (exact) mass is 264 g/mol. The zero-order chi connectivity index (χ0) is 13.9. The SMILES string of the molecule is C=CC1=C(C(=O)O)N2C(=O)[C@@H]3[C@H]2C1CCN3C(=O)O. The lowest BCUT2D eigenvalue weighted by Crippen LogP contribution is -2.73. The second-order valence-electron chi connectivity index (χ2n) is 4.83. The van der Waals surface area contributed by atoms with Crippen molar-refractivity contribution >= 4 is 18.0 Å². The van der Waals surface area contributed by atoms with Gasteiger partial charge in [-0.05, 0) is 12.0 Å². The average Bonchev–Trinajstić information content (AvgIpc) is 2.69. The topological polar surface area (TPSA) is 98.2 Å². The van der Waals surface area contributed by atoms with Gasteiger partial charge >= 0.3 is 12.1 Å². The van der Waals surface area contributed by atoms with Gasteiger partial charge < -0.3 is 10.2 Å². The molecule has 3 aliphatic heterocycles. The Labute approximate surface area is 108 Å². The number of carbonyl (C=O) groups is 3. The Morgan fingerprint density at radius 2 is 2.05 bits per heavy atom. The molecule has 0 spiro atoms. The summed E-state index contributed by atoms with van der Waals surface area (Å²) in [6, 6.07) is -1.13. The normalized spacial score (nSPS) is 32.0. The Bertz CT molecular complexity index is 552. The van der Waals surface area contributed by atoms with Crippen LogP contribution < -0.4 is 0 Å². The van der Waals surface area contributed by atoms with Crippen LogP contribution in [-0.4, -0.2) is 56.6 Å². The molecular formula is C12H12N2O5. The third kappa shape index (κ3) is 1.24. The van der Waals surface area contributed by atoms with Crippen LogP contribution in [0.3, 0.4) is 0 Å². The highest BCUT2D eigenvalue weighted by molar-refractivity contribution is 6.03. The van der Waals surface area contributed by atoms with Gasteiger partial charge in [0.1, 0.15) is 11.7 Å². The molecule has 1 unspecified atom stereocenters. The molecular weight excluding hydrogens is 252 g/mol. The first-order valence-corrected chi connectivity index (χ1v) is 5.91. The van der Waals surface area contributed by atoms with Crippen molar-refractivity contribution in [3.8, 4) is 0 Å². The fraction of sp³-hybridized carbons (Fsp3) is 0.417. The first-order valence-electron chi connectivity index (χ1n) is 5.91. The van der Waals surface area contributed by atoms with E-state index in [0.717, 1.165) is 4.90 Å². The molecule has 0 aromatic carbocycles. The van der Waals surface area contributed by atoms with E-state index >= 15 is 0 Å². The maximum absolute atomic E-state index is 12.0. The predicted molar refractivity (Wildman–Crippen MR) is 62.1 cm³/mol. The number of carbonyl (C=O) groups excluding carboxylic acids is 1. The molecule has 2 N–H and O–H groups in total. The second-order valence-corrected chi connectivity index (χ2v) is 4.83. The highest BCUT2D eigenvalue weighted by atomic mass is 16.4. The van der Waals surface area contributed by atoms with Crippen LogP contribution in [0.15, 0.2) is 23.9 Å². The van der Waals surface area contributed by atoms with Gasteiger partial charge in [0.25, 0.3) is 5.91 Å². The second kappa shape index (κ2) is 3.59. The number of hydrogen-bond donors (Lipinski definition) is 2. The predicted octanol–water partition coefficient (Wildman–Crippen LogP) is 0.104. The van der Waals surface area contributed by atoms with E-state index in [1.807, 2.05) is 0 Å². The van der Waals surface area contributed by atoms with E-state index in [4.69, 9.17) is 5.11 Å². The number of nitrogens with zero attached hydrogens (tertiary/aromatic N) is 2. The van der Waals surface area contributed by atoms with Crippen LogP contribution in [0.2, 0.25) is 0 Å². The quantitative estimate of drug-likeness (QED) is 0.689. The Morgan fingerprint density at radius 1 is 1.37 bits per heavy atom. The molecule has 3 heterocycles. The third-order valence-electron chi connectivity index (χ3n) is 4.12. The number of β-lactam (4-membered cyclic amide) rings is 1. The highest BCUT2D eigenvalue weighted by Crippen LogP contribution is 2.49. The zero-order valence-corrected chi connectivity index (χ0v) is 9.94. The van der Waals surface area contributed by atoms with Crippen LogP contribution in [0.5, 0.6) is 0 Å². The van der Waals surface area contributed by atoms with Gasteiger partial charge in [0.05, 0.1) is 6.04 Å². The molecule has 100 valence electrons. The summed E-state index contributed by atoms with van der Waals surface area (Å²) in [5.74, 6) is -1.74. The van der Waals surface area contributed by atoms with Crippen molar-refractivity contribution in [1.82, 2.24) is 9.80 Å². The smallest absolute Gasteiger partial charge is 0.408 e. The van der Waals surface area contributed by atoms with Gasteiger partial charge in [-0.3, -0.25) is 14.6 Å². The maximum atomic E-state index is 12.0. The lowest BCUT2D eigenvalue weighted by molar-refractivity contribution is -0.161. The number of aliphatic carboxylic acids is 1. The van der Waals surface area contributed by atoms with E-state index < -0.39 is 24.0 Å². The molecule has 0 aliphatic carbocycles. The molecule has 7 nitrogen and oxygen atoms in total. The van der Waals surface area contributed by atoms with Crippen molar-refractivity contribution in [1.29, 1.82) is 0 Å². The van der Waals surface area contributed by atoms with E-state index in [-0.39, 0.29) is 24.2 Å². The van der Waals surface area contributed by atoms with Crippen molar-refractivity contribution in [3.63, 3.8) is 0 Å². The van der Waals surface area contributed by atoms with Crippen LogP contribution in [-0.2, 0) is 9.59 Å². The van der Waals surface area contributed by atoms with Gasteiger partial charge in [-0.25, -0.2) is 9.59 Å². The van der Waals surface area contributed by atoms with Crippen LogP contribution in [0.25, 0.3) is 0 Å². The van der Waals surface area contributed by atoms with Crippen LogP contribution >= 0.6 is 0 Å². The molecule has 2 fully saturated rings. The number of hydrogen-bond acceptors (Lipinski definition) is 3. The minimum absolute atomic E-state index is 0.0431. The van der Waals surface area contributed by atoms with Gasteiger partial charge in [-0.1, -0.05) is 12.7 Å². The summed E-state index contributed by atoms with van der Waals surface area (Å²) in [6.07, 6.45) is 0.836. The van der Waals surface area contributed by atoms with E-state index in [0.29, 0.717) is 12.0 Å².